The lowest BCUT2D eigenvalue weighted by atomic mass is 10.2. The first-order chi connectivity index (χ1) is 10.5. The molecule has 4 nitrogen and oxygen atoms in total. The van der Waals surface area contributed by atoms with Gasteiger partial charge in [0.1, 0.15) is 5.75 Å². The molecular weight excluding hydrogens is 341 g/mol. The second-order valence-electron chi connectivity index (χ2n) is 4.35. The summed E-state index contributed by atoms with van der Waals surface area (Å²) >= 11 is 17.0. The van der Waals surface area contributed by atoms with Crippen LogP contribution in [0.4, 0.5) is 5.69 Å². The van der Waals surface area contributed by atoms with E-state index in [0.717, 1.165) is 5.56 Å². The fraction of sp³-hybridized carbons (Fsp3) is 0. The fourth-order valence-corrected chi connectivity index (χ4v) is 2.23. The van der Waals surface area contributed by atoms with Crippen molar-refractivity contribution in [1.82, 2.24) is 10.9 Å². The number of phenols is 1. The molecule has 0 saturated carbocycles. The van der Waals surface area contributed by atoms with Crippen molar-refractivity contribution < 1.29 is 5.11 Å². The summed E-state index contributed by atoms with van der Waals surface area (Å²) in [5.74, 6) is 0.194. The molecule has 2 aromatic carbocycles. The fourth-order valence-electron chi connectivity index (χ4n) is 1.61. The second-order valence-corrected chi connectivity index (χ2v) is 5.61. The summed E-state index contributed by atoms with van der Waals surface area (Å²) in [6, 6.07) is 11.7. The van der Waals surface area contributed by atoms with Gasteiger partial charge in [-0.2, -0.15) is 0 Å². The van der Waals surface area contributed by atoms with Crippen LogP contribution in [0.3, 0.4) is 0 Å². The van der Waals surface area contributed by atoms with Gasteiger partial charge in [-0.15, -0.1) is 0 Å². The molecule has 2 rings (SSSR count). The zero-order valence-corrected chi connectivity index (χ0v) is 13.7. The van der Waals surface area contributed by atoms with Crippen LogP contribution in [0.5, 0.6) is 5.75 Å². The van der Waals surface area contributed by atoms with Gasteiger partial charge in [0.2, 0.25) is 0 Å². The molecular formula is C15H13Cl2N3OS. The molecule has 4 N–H and O–H groups in total. The highest BCUT2D eigenvalue weighted by Crippen LogP contribution is 2.25. The van der Waals surface area contributed by atoms with Crippen LogP contribution in [0.2, 0.25) is 10.0 Å². The van der Waals surface area contributed by atoms with Gasteiger partial charge in [0.05, 0.1) is 16.4 Å². The van der Waals surface area contributed by atoms with Crippen LogP contribution < -0.4 is 16.2 Å². The predicted molar refractivity (Wildman–Crippen MR) is 96.1 cm³/mol. The Morgan fingerprint density at radius 3 is 2.36 bits per heavy atom. The molecule has 0 fully saturated rings. The Kier molecular flexibility index (Phi) is 5.49. The number of benzene rings is 2. The van der Waals surface area contributed by atoms with Crippen molar-refractivity contribution in [2.45, 2.75) is 0 Å². The second kappa shape index (κ2) is 7.35. The first-order valence-electron chi connectivity index (χ1n) is 6.22. The van der Waals surface area contributed by atoms with Crippen LogP contribution in [0.25, 0.3) is 5.70 Å². The van der Waals surface area contributed by atoms with Gasteiger partial charge in [-0.1, -0.05) is 29.8 Å². The molecule has 0 aromatic heterocycles. The molecule has 0 radical (unpaired) electrons. The van der Waals surface area contributed by atoms with Crippen molar-refractivity contribution >= 4 is 51.9 Å². The topological polar surface area (TPSA) is 56.3 Å². The molecule has 0 spiro atoms. The van der Waals surface area contributed by atoms with Crippen molar-refractivity contribution in [3.8, 4) is 5.75 Å². The molecule has 0 aliphatic carbocycles. The number of hydrogen-bond acceptors (Lipinski definition) is 3. The molecule has 0 saturated heterocycles. The van der Waals surface area contributed by atoms with Crippen molar-refractivity contribution in [2.24, 2.45) is 0 Å². The number of nitrogens with one attached hydrogen (secondary N) is 3. The molecule has 114 valence electrons. The van der Waals surface area contributed by atoms with Gasteiger partial charge in [0.25, 0.3) is 0 Å². The highest BCUT2D eigenvalue weighted by molar-refractivity contribution is 7.80. The number of thiocarbonyl (C=S) groups is 1. The zero-order chi connectivity index (χ0) is 16.1. The summed E-state index contributed by atoms with van der Waals surface area (Å²) in [5.41, 5.74) is 7.73. The SMILES string of the molecule is C=C(NNC(=S)Nc1ccc(Cl)cc1Cl)c1ccc(O)cc1. The quantitative estimate of drug-likeness (QED) is 0.491. The Hall–Kier alpha value is -1.95. The first-order valence-corrected chi connectivity index (χ1v) is 7.38. The summed E-state index contributed by atoms with van der Waals surface area (Å²) in [7, 11) is 0. The van der Waals surface area contributed by atoms with Crippen LogP contribution in [-0.2, 0) is 0 Å². The van der Waals surface area contributed by atoms with E-state index < -0.39 is 0 Å². The molecule has 0 heterocycles. The minimum absolute atomic E-state index is 0.194. The highest BCUT2D eigenvalue weighted by Gasteiger charge is 2.04. The number of aromatic hydroxyl groups is 1. The van der Waals surface area contributed by atoms with Crippen LogP contribution in [-0.4, -0.2) is 10.2 Å². The Labute approximate surface area is 143 Å². The highest BCUT2D eigenvalue weighted by atomic mass is 35.5. The Balaban J connectivity index is 1.89. The molecule has 22 heavy (non-hydrogen) atoms. The van der Waals surface area contributed by atoms with Gasteiger partial charge in [0.15, 0.2) is 5.11 Å². The molecule has 2 aromatic rings. The minimum Gasteiger partial charge on any atom is -0.508 e. The van der Waals surface area contributed by atoms with Crippen molar-refractivity contribution in [1.29, 1.82) is 0 Å². The minimum atomic E-state index is 0.194. The summed E-state index contributed by atoms with van der Waals surface area (Å²) in [5, 5.41) is 13.5. The first kappa shape index (κ1) is 16.4. The van der Waals surface area contributed by atoms with E-state index in [1.54, 1.807) is 42.5 Å². The van der Waals surface area contributed by atoms with Gasteiger partial charge >= 0.3 is 0 Å². The maximum Gasteiger partial charge on any atom is 0.189 e. The molecule has 0 bridgehead atoms. The monoisotopic (exact) mass is 353 g/mol. The van der Waals surface area contributed by atoms with E-state index in [2.05, 4.69) is 22.7 Å². The Morgan fingerprint density at radius 2 is 1.73 bits per heavy atom. The van der Waals surface area contributed by atoms with Gasteiger partial charge in [-0.3, -0.25) is 10.9 Å². The van der Waals surface area contributed by atoms with E-state index >= 15 is 0 Å². The normalized spacial score (nSPS) is 9.91. The standard InChI is InChI=1S/C15H13Cl2N3OS/c1-9(10-2-5-12(21)6-3-10)19-20-15(22)18-14-7-4-11(16)8-13(14)17/h2-8,19,21H,1H2,(H2,18,20,22). The number of hydrazine groups is 1. The van der Waals surface area contributed by atoms with E-state index in [0.29, 0.717) is 26.5 Å². The van der Waals surface area contributed by atoms with Crippen LogP contribution in [0.1, 0.15) is 5.56 Å². The van der Waals surface area contributed by atoms with Crippen molar-refractivity contribution in [3.63, 3.8) is 0 Å². The van der Waals surface area contributed by atoms with Crippen LogP contribution >= 0.6 is 35.4 Å². The molecule has 0 amide bonds. The number of rotatable bonds is 4. The summed E-state index contributed by atoms with van der Waals surface area (Å²) in [6.07, 6.45) is 0. The third-order valence-corrected chi connectivity index (χ3v) is 3.47. The van der Waals surface area contributed by atoms with Gasteiger partial charge in [-0.05, 0) is 60.2 Å². The maximum absolute atomic E-state index is 9.25. The van der Waals surface area contributed by atoms with Gasteiger partial charge in [0, 0.05) is 5.02 Å². The number of hydrogen-bond donors (Lipinski definition) is 4. The van der Waals surface area contributed by atoms with E-state index in [1.165, 1.54) is 0 Å². The van der Waals surface area contributed by atoms with Crippen LogP contribution in [0.15, 0.2) is 49.0 Å². The van der Waals surface area contributed by atoms with E-state index in [9.17, 15) is 5.11 Å². The van der Waals surface area contributed by atoms with E-state index in [-0.39, 0.29) is 5.75 Å². The summed E-state index contributed by atoms with van der Waals surface area (Å²) < 4.78 is 0. The lowest BCUT2D eigenvalue weighted by molar-refractivity contribution is 0.475. The lowest BCUT2D eigenvalue weighted by Crippen LogP contribution is -2.38. The van der Waals surface area contributed by atoms with Gasteiger partial charge in [-0.25, -0.2) is 0 Å². The third-order valence-electron chi connectivity index (χ3n) is 2.72. The number of anilines is 1. The number of halogens is 2. The lowest BCUT2D eigenvalue weighted by Gasteiger charge is -2.15. The Morgan fingerprint density at radius 1 is 1.05 bits per heavy atom. The third kappa shape index (κ3) is 4.53. The van der Waals surface area contributed by atoms with E-state index in [4.69, 9.17) is 35.4 Å². The van der Waals surface area contributed by atoms with Crippen molar-refractivity contribution in [2.75, 3.05) is 5.32 Å². The smallest absolute Gasteiger partial charge is 0.189 e. The summed E-state index contributed by atoms with van der Waals surface area (Å²) in [4.78, 5) is 0. The average Bonchev–Trinajstić information content (AvgIpc) is 2.48. The number of phenolic OH excluding ortho intramolecular Hbond substituents is 1. The largest absolute Gasteiger partial charge is 0.508 e. The maximum atomic E-state index is 9.25. The van der Waals surface area contributed by atoms with E-state index in [1.807, 2.05) is 0 Å². The van der Waals surface area contributed by atoms with Crippen molar-refractivity contribution in [3.05, 3.63) is 64.7 Å². The van der Waals surface area contributed by atoms with Crippen LogP contribution in [0, 0.1) is 0 Å². The predicted octanol–water partition coefficient (Wildman–Crippen LogP) is 4.16. The Bertz CT molecular complexity index is 704. The summed E-state index contributed by atoms with van der Waals surface area (Å²) in [6.45, 7) is 3.88. The molecule has 0 unspecified atom stereocenters. The molecule has 0 atom stereocenters. The average molecular weight is 354 g/mol. The molecule has 0 aliphatic rings. The molecule has 0 aliphatic heterocycles. The molecule has 7 heteroatoms. The van der Waals surface area contributed by atoms with Gasteiger partial charge < -0.3 is 10.4 Å². The zero-order valence-electron chi connectivity index (χ0n) is 11.4.